The molecule has 1 aliphatic carbocycles. The molecule has 1 aromatic carbocycles. The second-order valence-electron chi connectivity index (χ2n) is 6.40. The van der Waals surface area contributed by atoms with Gasteiger partial charge in [-0.2, -0.15) is 0 Å². The molecule has 4 nitrogen and oxygen atoms in total. The summed E-state index contributed by atoms with van der Waals surface area (Å²) in [5.74, 6) is -1.33. The van der Waals surface area contributed by atoms with Crippen molar-refractivity contribution in [3.8, 4) is 0 Å². The third-order valence-electron chi connectivity index (χ3n) is 3.73. The minimum absolute atomic E-state index is 0.217. The Hall–Kier alpha value is -1.11. The minimum atomic E-state index is -1.43. The van der Waals surface area contributed by atoms with Crippen molar-refractivity contribution in [2.75, 3.05) is 0 Å². The van der Waals surface area contributed by atoms with Crippen LogP contribution in [-0.2, 0) is 28.1 Å². The Morgan fingerprint density at radius 1 is 1.52 bits per heavy atom. The smallest absolute Gasteiger partial charge is 0.305 e. The van der Waals surface area contributed by atoms with Crippen LogP contribution in [0.4, 0.5) is 4.39 Å². The van der Waals surface area contributed by atoms with Gasteiger partial charge in [0.1, 0.15) is 10.6 Å². The highest BCUT2D eigenvalue weighted by molar-refractivity contribution is 7.90. The lowest BCUT2D eigenvalue weighted by atomic mass is 9.89. The Kier molecular flexibility index (Phi) is 4.33. The molecule has 1 aromatic rings. The number of halogens is 1. The van der Waals surface area contributed by atoms with Crippen LogP contribution in [0, 0.1) is 5.82 Å². The monoisotopic (exact) mass is 313 g/mol. The van der Waals surface area contributed by atoms with Gasteiger partial charge in [-0.25, -0.2) is 4.39 Å². The van der Waals surface area contributed by atoms with Crippen LogP contribution in [0.1, 0.15) is 44.7 Å². The molecule has 0 aliphatic heterocycles. The fourth-order valence-corrected chi connectivity index (χ4v) is 3.59. The minimum Gasteiger partial charge on any atom is -0.598 e. The quantitative estimate of drug-likeness (QED) is 0.838. The summed E-state index contributed by atoms with van der Waals surface area (Å²) in [5.41, 5.74) is 0.168. The van der Waals surface area contributed by atoms with Crippen LogP contribution in [-0.4, -0.2) is 20.4 Å². The van der Waals surface area contributed by atoms with Crippen molar-refractivity contribution in [1.29, 1.82) is 0 Å². The lowest BCUT2D eigenvalue weighted by Gasteiger charge is -2.34. The zero-order valence-corrected chi connectivity index (χ0v) is 13.2. The second-order valence-corrected chi connectivity index (χ2v) is 8.37. The fourth-order valence-electron chi connectivity index (χ4n) is 2.65. The summed E-state index contributed by atoms with van der Waals surface area (Å²) >= 11 is -1.43. The van der Waals surface area contributed by atoms with E-state index in [4.69, 9.17) is 0 Å². The molecule has 0 saturated carbocycles. The molecule has 0 spiro atoms. The zero-order valence-electron chi connectivity index (χ0n) is 12.4. The Morgan fingerprint density at radius 2 is 2.19 bits per heavy atom. The number of rotatable bonds is 4. The van der Waals surface area contributed by atoms with Crippen molar-refractivity contribution in [3.05, 3.63) is 35.1 Å². The van der Waals surface area contributed by atoms with Crippen molar-refractivity contribution in [2.45, 2.75) is 50.3 Å². The van der Waals surface area contributed by atoms with Gasteiger partial charge < -0.3 is 9.66 Å². The first-order valence-corrected chi connectivity index (χ1v) is 8.00. The highest BCUT2D eigenvalue weighted by Gasteiger charge is 2.47. The maximum Gasteiger partial charge on any atom is 0.305 e. The second kappa shape index (κ2) is 5.59. The van der Waals surface area contributed by atoms with Gasteiger partial charge in [-0.15, -0.1) is 4.72 Å². The fraction of sp³-hybridized carbons (Fsp3) is 0.533. The molecule has 2 N–H and O–H groups in total. The van der Waals surface area contributed by atoms with Gasteiger partial charge in [-0.3, -0.25) is 4.79 Å². The van der Waals surface area contributed by atoms with E-state index in [0.29, 0.717) is 24.0 Å². The number of hydrogen-bond acceptors (Lipinski definition) is 3. The van der Waals surface area contributed by atoms with E-state index in [1.54, 1.807) is 12.1 Å². The molecule has 0 fully saturated rings. The third-order valence-corrected chi connectivity index (χ3v) is 5.42. The van der Waals surface area contributed by atoms with Crippen LogP contribution in [0.3, 0.4) is 0 Å². The molecule has 2 rings (SSSR count). The summed E-state index contributed by atoms with van der Waals surface area (Å²) in [6, 6.07) is 4.66. The molecule has 0 saturated heterocycles. The number of aliphatic carboxylic acids is 1. The standard InChI is InChI=1S/C15H20FNO3S/c1-14(2,3)21(20)17-15(9-13(18)19)8-7-10-11(15)5-4-6-12(10)16/h4-6,17H,7-9H2,1-3H3,(H,18,19)/t15-,21+/m1/s1. The van der Waals surface area contributed by atoms with Gasteiger partial charge >= 0.3 is 5.97 Å². The Morgan fingerprint density at radius 3 is 2.76 bits per heavy atom. The number of carboxylic acids is 1. The summed E-state index contributed by atoms with van der Waals surface area (Å²) in [6.45, 7) is 5.43. The molecule has 1 aliphatic rings. The predicted octanol–water partition coefficient (Wildman–Crippen LogP) is 2.49. The lowest BCUT2D eigenvalue weighted by molar-refractivity contribution is -0.138. The van der Waals surface area contributed by atoms with Crippen LogP contribution < -0.4 is 4.72 Å². The third kappa shape index (κ3) is 3.22. The van der Waals surface area contributed by atoms with Gasteiger partial charge in [0.2, 0.25) is 0 Å². The highest BCUT2D eigenvalue weighted by atomic mass is 32.2. The number of carbonyl (C=O) groups is 1. The number of hydrogen-bond donors (Lipinski definition) is 2. The van der Waals surface area contributed by atoms with E-state index in [2.05, 4.69) is 4.72 Å². The van der Waals surface area contributed by atoms with Crippen LogP contribution in [0.25, 0.3) is 0 Å². The molecule has 21 heavy (non-hydrogen) atoms. The van der Waals surface area contributed by atoms with Crippen molar-refractivity contribution >= 4 is 17.3 Å². The van der Waals surface area contributed by atoms with Crippen molar-refractivity contribution in [3.63, 3.8) is 0 Å². The zero-order chi connectivity index (χ0) is 15.8. The molecule has 0 heterocycles. The summed E-state index contributed by atoms with van der Waals surface area (Å²) in [6.07, 6.45) is 0.659. The van der Waals surface area contributed by atoms with Gasteiger partial charge in [0.05, 0.1) is 12.0 Å². The van der Waals surface area contributed by atoms with Crippen molar-refractivity contribution < 1.29 is 18.8 Å². The first-order valence-electron chi connectivity index (χ1n) is 6.85. The van der Waals surface area contributed by atoms with Gasteiger partial charge in [-0.1, -0.05) is 12.1 Å². The van der Waals surface area contributed by atoms with Crippen molar-refractivity contribution in [2.24, 2.45) is 0 Å². The number of fused-ring (bicyclic) bond motifs is 1. The summed E-state index contributed by atoms with van der Waals surface area (Å²) in [7, 11) is 0. The molecule has 6 heteroatoms. The predicted molar refractivity (Wildman–Crippen MR) is 79.7 cm³/mol. The maximum absolute atomic E-state index is 13.9. The first kappa shape index (κ1) is 16.3. The molecule has 116 valence electrons. The normalized spacial score (nSPS) is 22.9. The topological polar surface area (TPSA) is 72.4 Å². The van der Waals surface area contributed by atoms with Crippen LogP contribution in [0.5, 0.6) is 0 Å². The molecule has 0 radical (unpaired) electrons. The van der Waals surface area contributed by atoms with Crippen LogP contribution in [0.2, 0.25) is 0 Å². The first-order chi connectivity index (χ1) is 9.66. The summed E-state index contributed by atoms with van der Waals surface area (Å²) < 4.78 is 28.8. The molecule has 0 aromatic heterocycles. The van der Waals surface area contributed by atoms with Crippen LogP contribution >= 0.6 is 0 Å². The Bertz CT molecular complexity index is 558. The molecular weight excluding hydrogens is 293 g/mol. The van der Waals surface area contributed by atoms with E-state index < -0.39 is 27.6 Å². The molecular formula is C15H20FNO3S. The summed E-state index contributed by atoms with van der Waals surface area (Å²) in [4.78, 5) is 11.3. The molecule has 0 bridgehead atoms. The lowest BCUT2D eigenvalue weighted by Crippen LogP contribution is -2.51. The number of nitrogens with one attached hydrogen (secondary N) is 1. The number of carboxylic acid groups (broad SMARTS) is 1. The van der Waals surface area contributed by atoms with Gasteiger partial charge in [0, 0.05) is 11.4 Å². The number of benzene rings is 1. The SMILES string of the molecule is CC(C)(C)[S@+]([O-])N[C@@]1(CC(=O)O)CCc2c(F)cccc21. The molecule has 0 unspecified atom stereocenters. The van der Waals surface area contributed by atoms with E-state index >= 15 is 0 Å². The van der Waals surface area contributed by atoms with Crippen molar-refractivity contribution in [1.82, 2.24) is 4.72 Å². The van der Waals surface area contributed by atoms with Gasteiger partial charge in [0.25, 0.3) is 0 Å². The largest absolute Gasteiger partial charge is 0.598 e. The molecule has 2 atom stereocenters. The van der Waals surface area contributed by atoms with Gasteiger partial charge in [-0.05, 0) is 50.8 Å². The summed E-state index contributed by atoms with van der Waals surface area (Å²) in [5, 5.41) is 9.22. The van der Waals surface area contributed by atoms with E-state index in [9.17, 15) is 18.8 Å². The highest BCUT2D eigenvalue weighted by Crippen LogP contribution is 2.42. The molecule has 0 amide bonds. The van der Waals surface area contributed by atoms with Gasteiger partial charge in [0.15, 0.2) is 0 Å². The average Bonchev–Trinajstić information content (AvgIpc) is 2.68. The maximum atomic E-state index is 13.9. The van der Waals surface area contributed by atoms with E-state index in [1.807, 2.05) is 20.8 Å². The Labute approximate surface area is 127 Å². The Balaban J connectivity index is 2.42. The van der Waals surface area contributed by atoms with E-state index in [1.165, 1.54) is 6.07 Å². The van der Waals surface area contributed by atoms with E-state index in [0.717, 1.165) is 0 Å². The van der Waals surface area contributed by atoms with E-state index in [-0.39, 0.29) is 12.2 Å². The average molecular weight is 313 g/mol. The van der Waals surface area contributed by atoms with Crippen LogP contribution in [0.15, 0.2) is 18.2 Å².